The number of ether oxygens (including phenoxy) is 2. The summed E-state index contributed by atoms with van der Waals surface area (Å²) in [5.41, 5.74) is -1.30. The molecule has 5 nitrogen and oxygen atoms in total. The number of methoxy groups -OCH3 is 1. The molecule has 0 N–H and O–H groups in total. The van der Waals surface area contributed by atoms with Gasteiger partial charge < -0.3 is 18.8 Å². The van der Waals surface area contributed by atoms with Crippen molar-refractivity contribution in [2.45, 2.75) is 58.1 Å². The van der Waals surface area contributed by atoms with E-state index in [1.807, 2.05) is 27.7 Å². The topological polar surface area (TPSA) is 54.0 Å². The Balaban J connectivity index is 2.12. The smallest absolute Gasteiger partial charge is 0.458 e. The van der Waals surface area contributed by atoms with Gasteiger partial charge in [0.1, 0.15) is 0 Å². The molecule has 0 spiro atoms. The molecule has 0 aliphatic carbocycles. The maximum absolute atomic E-state index is 12.2. The van der Waals surface area contributed by atoms with Crippen molar-refractivity contribution >= 4 is 13.1 Å². The van der Waals surface area contributed by atoms with Crippen LogP contribution in [-0.2, 0) is 23.6 Å². The standard InChI is InChI=1S/C14H25BO5/c1-12(2)13(3,4)20-15(19-12)10-14(11(16)17-5)6-8-18-9-7-14/h6-10H2,1-5H3. The van der Waals surface area contributed by atoms with Crippen molar-refractivity contribution in [3.8, 4) is 0 Å². The molecule has 0 bridgehead atoms. The Morgan fingerprint density at radius 1 is 1.10 bits per heavy atom. The van der Waals surface area contributed by atoms with E-state index in [4.69, 9.17) is 18.8 Å². The van der Waals surface area contributed by atoms with Gasteiger partial charge in [-0.2, -0.15) is 0 Å². The largest absolute Gasteiger partial charge is 0.469 e. The van der Waals surface area contributed by atoms with Crippen LogP contribution in [0.1, 0.15) is 40.5 Å². The lowest BCUT2D eigenvalue weighted by Gasteiger charge is -2.34. The second-order valence-electron chi connectivity index (χ2n) is 6.77. The van der Waals surface area contributed by atoms with Crippen molar-refractivity contribution in [3.05, 3.63) is 0 Å². The molecule has 2 rings (SSSR count). The minimum absolute atomic E-state index is 0.185. The zero-order valence-corrected chi connectivity index (χ0v) is 13.2. The lowest BCUT2D eigenvalue weighted by molar-refractivity contribution is -0.157. The lowest BCUT2D eigenvalue weighted by Crippen LogP contribution is -2.42. The zero-order chi connectivity index (χ0) is 15.0. The molecule has 2 fully saturated rings. The summed E-state index contributed by atoms with van der Waals surface area (Å²) >= 11 is 0. The summed E-state index contributed by atoms with van der Waals surface area (Å²) in [6.45, 7) is 9.22. The van der Waals surface area contributed by atoms with Gasteiger partial charge in [0.25, 0.3) is 0 Å². The summed E-state index contributed by atoms with van der Waals surface area (Å²) in [4.78, 5) is 12.2. The van der Waals surface area contributed by atoms with Crippen LogP contribution >= 0.6 is 0 Å². The van der Waals surface area contributed by atoms with Gasteiger partial charge in [0.2, 0.25) is 0 Å². The molecule has 0 aromatic rings. The van der Waals surface area contributed by atoms with E-state index in [0.717, 1.165) is 0 Å². The molecule has 6 heteroatoms. The van der Waals surface area contributed by atoms with Crippen molar-refractivity contribution in [2.75, 3.05) is 20.3 Å². The predicted octanol–water partition coefficient (Wildman–Crippen LogP) is 2.05. The van der Waals surface area contributed by atoms with Crippen LogP contribution in [0.3, 0.4) is 0 Å². The number of carbonyl (C=O) groups excluding carboxylic acids is 1. The molecule has 0 radical (unpaired) electrons. The van der Waals surface area contributed by atoms with Crippen LogP contribution in [0.15, 0.2) is 0 Å². The Bertz CT molecular complexity index is 358. The highest BCUT2D eigenvalue weighted by Gasteiger charge is 2.55. The monoisotopic (exact) mass is 284 g/mol. The highest BCUT2D eigenvalue weighted by atomic mass is 16.7. The van der Waals surface area contributed by atoms with Gasteiger partial charge in [-0.3, -0.25) is 4.79 Å². The van der Waals surface area contributed by atoms with Gasteiger partial charge in [0.15, 0.2) is 0 Å². The number of esters is 1. The summed E-state index contributed by atoms with van der Waals surface area (Å²) in [6.07, 6.45) is 1.84. The number of rotatable bonds is 3. The maximum atomic E-state index is 12.2. The van der Waals surface area contributed by atoms with E-state index in [2.05, 4.69) is 0 Å². The predicted molar refractivity (Wildman–Crippen MR) is 75.4 cm³/mol. The summed E-state index contributed by atoms with van der Waals surface area (Å²) in [7, 11) is 1.06. The maximum Gasteiger partial charge on any atom is 0.458 e. The average molecular weight is 284 g/mol. The molecule has 2 heterocycles. The fourth-order valence-corrected chi connectivity index (χ4v) is 2.84. The first-order valence-corrected chi connectivity index (χ1v) is 7.24. The fraction of sp³-hybridized carbons (Fsp3) is 0.929. The Morgan fingerprint density at radius 3 is 2.05 bits per heavy atom. The van der Waals surface area contributed by atoms with Crippen molar-refractivity contribution in [1.29, 1.82) is 0 Å². The van der Waals surface area contributed by atoms with Crippen molar-refractivity contribution in [1.82, 2.24) is 0 Å². The number of carbonyl (C=O) groups is 1. The molecule has 20 heavy (non-hydrogen) atoms. The first-order valence-electron chi connectivity index (χ1n) is 7.24. The van der Waals surface area contributed by atoms with Crippen LogP contribution in [0, 0.1) is 5.41 Å². The molecule has 2 aliphatic heterocycles. The van der Waals surface area contributed by atoms with E-state index < -0.39 is 5.41 Å². The van der Waals surface area contributed by atoms with Crippen LogP contribution in [-0.4, -0.2) is 44.6 Å². The molecule has 0 amide bonds. The molecule has 0 aromatic carbocycles. The van der Waals surface area contributed by atoms with Gasteiger partial charge >= 0.3 is 13.1 Å². The summed E-state index contributed by atoms with van der Waals surface area (Å²) in [5, 5.41) is 0. The third kappa shape index (κ3) is 2.74. The average Bonchev–Trinajstić information content (AvgIpc) is 2.57. The number of hydrogen-bond acceptors (Lipinski definition) is 5. The van der Waals surface area contributed by atoms with Crippen LogP contribution in [0.2, 0.25) is 6.32 Å². The molecule has 2 aliphatic rings. The third-order valence-corrected chi connectivity index (χ3v) is 4.93. The first kappa shape index (κ1) is 15.8. The normalized spacial score (nSPS) is 27.4. The molecular formula is C14H25BO5. The third-order valence-electron chi connectivity index (χ3n) is 4.93. The Morgan fingerprint density at radius 2 is 1.60 bits per heavy atom. The zero-order valence-electron chi connectivity index (χ0n) is 13.2. The number of hydrogen-bond donors (Lipinski definition) is 0. The van der Waals surface area contributed by atoms with Crippen LogP contribution < -0.4 is 0 Å². The highest BCUT2D eigenvalue weighted by molar-refractivity contribution is 6.46. The lowest BCUT2D eigenvalue weighted by atomic mass is 9.64. The van der Waals surface area contributed by atoms with Crippen molar-refractivity contribution in [3.63, 3.8) is 0 Å². The van der Waals surface area contributed by atoms with E-state index in [1.165, 1.54) is 7.11 Å². The molecule has 0 unspecified atom stereocenters. The fourth-order valence-electron chi connectivity index (χ4n) is 2.84. The minimum atomic E-state index is -0.547. The summed E-state index contributed by atoms with van der Waals surface area (Å²) in [5.74, 6) is -0.185. The van der Waals surface area contributed by atoms with E-state index >= 15 is 0 Å². The van der Waals surface area contributed by atoms with E-state index in [-0.39, 0.29) is 24.3 Å². The van der Waals surface area contributed by atoms with Crippen molar-refractivity contribution in [2.24, 2.45) is 5.41 Å². The SMILES string of the molecule is COC(=O)C1(CB2OC(C)(C)C(C)(C)O2)CCOCC1. The molecular weight excluding hydrogens is 259 g/mol. The second kappa shape index (κ2) is 5.32. The van der Waals surface area contributed by atoms with E-state index in [1.54, 1.807) is 0 Å². The Kier molecular flexibility index (Phi) is 4.20. The molecule has 2 saturated heterocycles. The van der Waals surface area contributed by atoms with Gasteiger partial charge in [-0.25, -0.2) is 0 Å². The molecule has 0 saturated carbocycles. The van der Waals surface area contributed by atoms with Gasteiger partial charge in [0.05, 0.1) is 23.7 Å². The van der Waals surface area contributed by atoms with Gasteiger partial charge in [-0.05, 0) is 46.9 Å². The molecule has 0 aromatic heterocycles. The van der Waals surface area contributed by atoms with Gasteiger partial charge in [-0.15, -0.1) is 0 Å². The quantitative estimate of drug-likeness (QED) is 0.586. The van der Waals surface area contributed by atoms with Crippen LogP contribution in [0.25, 0.3) is 0 Å². The molecule has 0 atom stereocenters. The Hall–Kier alpha value is -0.585. The van der Waals surface area contributed by atoms with Crippen LogP contribution in [0.4, 0.5) is 0 Å². The van der Waals surface area contributed by atoms with Gasteiger partial charge in [-0.1, -0.05) is 0 Å². The van der Waals surface area contributed by atoms with E-state index in [9.17, 15) is 4.79 Å². The minimum Gasteiger partial charge on any atom is -0.469 e. The Labute approximate surface area is 121 Å². The van der Waals surface area contributed by atoms with Gasteiger partial charge in [0, 0.05) is 13.2 Å². The molecule has 114 valence electrons. The first-order chi connectivity index (χ1) is 9.22. The highest BCUT2D eigenvalue weighted by Crippen LogP contribution is 2.44. The van der Waals surface area contributed by atoms with E-state index in [0.29, 0.717) is 32.4 Å². The summed E-state index contributed by atoms with van der Waals surface area (Å²) < 4.78 is 22.4. The second-order valence-corrected chi connectivity index (χ2v) is 6.77. The van der Waals surface area contributed by atoms with Crippen molar-refractivity contribution < 1.29 is 23.6 Å². The van der Waals surface area contributed by atoms with Crippen LogP contribution in [0.5, 0.6) is 0 Å². The summed E-state index contributed by atoms with van der Waals surface area (Å²) in [6, 6.07) is 0.